The predicted octanol–water partition coefficient (Wildman–Crippen LogP) is 2.45. The van der Waals surface area contributed by atoms with Crippen LogP contribution < -0.4 is 15.2 Å². The van der Waals surface area contributed by atoms with Crippen molar-refractivity contribution in [3.8, 4) is 5.75 Å². The number of aryl methyl sites for hydroxylation is 1. The van der Waals surface area contributed by atoms with E-state index in [9.17, 15) is 13.2 Å². The van der Waals surface area contributed by atoms with Crippen LogP contribution in [0, 0.1) is 6.92 Å². The molecule has 8 heteroatoms. The van der Waals surface area contributed by atoms with E-state index in [1.165, 1.54) is 12.1 Å². The van der Waals surface area contributed by atoms with Gasteiger partial charge in [-0.05, 0) is 49.6 Å². The summed E-state index contributed by atoms with van der Waals surface area (Å²) in [6.45, 7) is 2.96. The van der Waals surface area contributed by atoms with E-state index in [0.717, 1.165) is 19.4 Å². The van der Waals surface area contributed by atoms with Gasteiger partial charge >= 0.3 is 0 Å². The number of hydrogen-bond donors (Lipinski definition) is 2. The summed E-state index contributed by atoms with van der Waals surface area (Å²) in [5.41, 5.74) is 1.43. The normalized spacial score (nSPS) is 16.9. The molecule has 0 aromatic heterocycles. The van der Waals surface area contributed by atoms with E-state index in [-0.39, 0.29) is 16.6 Å². The van der Waals surface area contributed by atoms with Crippen molar-refractivity contribution in [2.75, 3.05) is 18.5 Å². The summed E-state index contributed by atoms with van der Waals surface area (Å²) >= 11 is 0. The first-order chi connectivity index (χ1) is 12.8. The number of anilines is 1. The summed E-state index contributed by atoms with van der Waals surface area (Å²) in [5.74, 6) is 0.201. The van der Waals surface area contributed by atoms with Gasteiger partial charge in [-0.15, -0.1) is 0 Å². The lowest BCUT2D eigenvalue weighted by Crippen LogP contribution is -2.17. The molecular formula is C19H22N2O5S. The quantitative estimate of drug-likeness (QED) is 0.788. The van der Waals surface area contributed by atoms with Crippen molar-refractivity contribution in [2.24, 2.45) is 5.14 Å². The summed E-state index contributed by atoms with van der Waals surface area (Å²) in [6.07, 6.45) is 2.13. The highest BCUT2D eigenvalue weighted by molar-refractivity contribution is 7.89. The molecule has 1 heterocycles. The fraction of sp³-hybridized carbons (Fsp3) is 0.316. The third kappa shape index (κ3) is 5.06. The second kappa shape index (κ2) is 8.08. The SMILES string of the molecule is Cc1ccc(S(N)(=O)=O)cc1C(=O)Nc1cccc(OC[C@H]2CCCO2)c1. The first-order valence-corrected chi connectivity index (χ1v) is 10.2. The van der Waals surface area contributed by atoms with Gasteiger partial charge in [-0.25, -0.2) is 13.6 Å². The Bertz CT molecular complexity index is 937. The van der Waals surface area contributed by atoms with Gasteiger partial charge in [0.25, 0.3) is 5.91 Å². The van der Waals surface area contributed by atoms with Crippen LogP contribution in [0.15, 0.2) is 47.4 Å². The summed E-state index contributed by atoms with van der Waals surface area (Å²) in [7, 11) is -3.88. The Kier molecular flexibility index (Phi) is 5.79. The van der Waals surface area contributed by atoms with Gasteiger partial charge in [0.2, 0.25) is 10.0 Å². The zero-order valence-electron chi connectivity index (χ0n) is 15.0. The standard InChI is InChI=1S/C19H22N2O5S/c1-13-7-8-17(27(20,23)24)11-18(13)19(22)21-14-4-2-5-15(10-14)26-12-16-6-3-9-25-16/h2,4-5,7-8,10-11,16H,3,6,9,12H2,1H3,(H,21,22)(H2,20,23,24)/t16-/m1/s1. The zero-order chi connectivity index (χ0) is 19.4. The molecule has 0 radical (unpaired) electrons. The van der Waals surface area contributed by atoms with Gasteiger partial charge < -0.3 is 14.8 Å². The minimum Gasteiger partial charge on any atom is -0.491 e. The fourth-order valence-electron chi connectivity index (χ4n) is 2.85. The lowest BCUT2D eigenvalue weighted by molar-refractivity contribution is 0.0680. The molecule has 0 bridgehead atoms. The maximum atomic E-state index is 12.6. The zero-order valence-corrected chi connectivity index (χ0v) is 15.8. The number of ether oxygens (including phenoxy) is 2. The van der Waals surface area contributed by atoms with Crippen LogP contribution in [0.1, 0.15) is 28.8 Å². The van der Waals surface area contributed by atoms with Crippen molar-refractivity contribution in [2.45, 2.75) is 30.8 Å². The Morgan fingerprint density at radius 1 is 1.30 bits per heavy atom. The number of carbonyl (C=O) groups excluding carboxylic acids is 1. The monoisotopic (exact) mass is 390 g/mol. The second-order valence-electron chi connectivity index (χ2n) is 6.45. The second-order valence-corrected chi connectivity index (χ2v) is 8.01. The molecule has 144 valence electrons. The molecular weight excluding hydrogens is 368 g/mol. The van der Waals surface area contributed by atoms with Crippen LogP contribution in [0.5, 0.6) is 5.75 Å². The molecule has 2 aromatic carbocycles. The van der Waals surface area contributed by atoms with Gasteiger partial charge in [0.15, 0.2) is 0 Å². The van der Waals surface area contributed by atoms with E-state index < -0.39 is 15.9 Å². The molecule has 3 N–H and O–H groups in total. The number of sulfonamides is 1. The Hall–Kier alpha value is -2.42. The Balaban J connectivity index is 1.71. The van der Waals surface area contributed by atoms with Gasteiger partial charge in [-0.2, -0.15) is 0 Å². The number of nitrogens with two attached hydrogens (primary N) is 1. The molecule has 0 saturated carbocycles. The Morgan fingerprint density at radius 3 is 2.81 bits per heavy atom. The maximum Gasteiger partial charge on any atom is 0.255 e. The van der Waals surface area contributed by atoms with Crippen molar-refractivity contribution >= 4 is 21.6 Å². The van der Waals surface area contributed by atoms with E-state index in [4.69, 9.17) is 14.6 Å². The van der Waals surface area contributed by atoms with Crippen LogP contribution in [-0.2, 0) is 14.8 Å². The summed E-state index contributed by atoms with van der Waals surface area (Å²) < 4.78 is 34.3. The molecule has 0 aliphatic carbocycles. The average molecular weight is 390 g/mol. The van der Waals surface area contributed by atoms with E-state index in [2.05, 4.69) is 5.32 Å². The van der Waals surface area contributed by atoms with Crippen LogP contribution >= 0.6 is 0 Å². The van der Waals surface area contributed by atoms with Crippen molar-refractivity contribution < 1.29 is 22.7 Å². The van der Waals surface area contributed by atoms with Crippen LogP contribution in [0.2, 0.25) is 0 Å². The number of nitrogens with one attached hydrogen (secondary N) is 1. The number of primary sulfonamides is 1. The highest BCUT2D eigenvalue weighted by atomic mass is 32.2. The third-order valence-electron chi connectivity index (χ3n) is 4.33. The van der Waals surface area contributed by atoms with E-state index in [1.54, 1.807) is 37.3 Å². The summed E-state index contributed by atoms with van der Waals surface area (Å²) in [6, 6.07) is 11.2. The van der Waals surface area contributed by atoms with Crippen molar-refractivity contribution in [1.29, 1.82) is 0 Å². The highest BCUT2D eigenvalue weighted by Crippen LogP contribution is 2.21. The van der Waals surface area contributed by atoms with E-state index >= 15 is 0 Å². The Morgan fingerprint density at radius 2 is 2.11 bits per heavy atom. The number of hydrogen-bond acceptors (Lipinski definition) is 5. The molecule has 27 heavy (non-hydrogen) atoms. The van der Waals surface area contributed by atoms with Crippen LogP contribution in [-0.4, -0.2) is 33.6 Å². The predicted molar refractivity (Wildman–Crippen MR) is 101 cm³/mol. The number of benzene rings is 2. The minimum absolute atomic E-state index is 0.104. The Labute approximate surface area is 158 Å². The van der Waals surface area contributed by atoms with Crippen molar-refractivity contribution in [1.82, 2.24) is 0 Å². The minimum atomic E-state index is -3.88. The molecule has 1 saturated heterocycles. The molecule has 0 unspecified atom stereocenters. The first kappa shape index (κ1) is 19.3. The first-order valence-electron chi connectivity index (χ1n) is 8.62. The molecule has 3 rings (SSSR count). The maximum absolute atomic E-state index is 12.6. The van der Waals surface area contributed by atoms with Crippen molar-refractivity contribution in [3.05, 3.63) is 53.6 Å². The number of carbonyl (C=O) groups is 1. The van der Waals surface area contributed by atoms with E-state index in [1.807, 2.05) is 0 Å². The molecule has 1 amide bonds. The van der Waals surface area contributed by atoms with E-state index in [0.29, 0.717) is 23.6 Å². The van der Waals surface area contributed by atoms with Gasteiger partial charge in [0, 0.05) is 23.9 Å². The fourth-order valence-corrected chi connectivity index (χ4v) is 3.39. The van der Waals surface area contributed by atoms with Gasteiger partial charge in [-0.1, -0.05) is 12.1 Å². The van der Waals surface area contributed by atoms with Crippen LogP contribution in [0.3, 0.4) is 0 Å². The average Bonchev–Trinajstić information content (AvgIpc) is 3.13. The molecule has 7 nitrogen and oxygen atoms in total. The lowest BCUT2D eigenvalue weighted by atomic mass is 10.1. The van der Waals surface area contributed by atoms with Crippen LogP contribution in [0.25, 0.3) is 0 Å². The smallest absolute Gasteiger partial charge is 0.255 e. The van der Waals surface area contributed by atoms with Gasteiger partial charge in [0.05, 0.1) is 11.0 Å². The highest BCUT2D eigenvalue weighted by Gasteiger charge is 2.17. The molecule has 2 aromatic rings. The number of amides is 1. The van der Waals surface area contributed by atoms with Gasteiger partial charge in [0.1, 0.15) is 12.4 Å². The third-order valence-corrected chi connectivity index (χ3v) is 5.24. The molecule has 1 aliphatic rings. The number of rotatable bonds is 6. The lowest BCUT2D eigenvalue weighted by Gasteiger charge is -2.13. The molecule has 1 atom stereocenters. The largest absolute Gasteiger partial charge is 0.491 e. The van der Waals surface area contributed by atoms with Crippen LogP contribution in [0.4, 0.5) is 5.69 Å². The molecule has 0 spiro atoms. The summed E-state index contributed by atoms with van der Waals surface area (Å²) in [4.78, 5) is 12.5. The molecule has 1 aliphatic heterocycles. The topological polar surface area (TPSA) is 108 Å². The molecule has 1 fully saturated rings. The summed E-state index contributed by atoms with van der Waals surface area (Å²) in [5, 5.41) is 7.91. The van der Waals surface area contributed by atoms with Crippen molar-refractivity contribution in [3.63, 3.8) is 0 Å². The van der Waals surface area contributed by atoms with Gasteiger partial charge in [-0.3, -0.25) is 4.79 Å².